The highest BCUT2D eigenvalue weighted by Crippen LogP contribution is 2.10. The first-order chi connectivity index (χ1) is 7.95. The van der Waals surface area contributed by atoms with Gasteiger partial charge in [-0.1, -0.05) is 19.8 Å². The summed E-state index contributed by atoms with van der Waals surface area (Å²) in [6.07, 6.45) is 5.23. The highest BCUT2D eigenvalue weighted by molar-refractivity contribution is 7.89. The lowest BCUT2D eigenvalue weighted by Gasteiger charge is -2.13. The molecule has 0 aromatic carbocycles. The van der Waals surface area contributed by atoms with E-state index in [0.29, 0.717) is 0 Å². The Morgan fingerprint density at radius 1 is 1.41 bits per heavy atom. The van der Waals surface area contributed by atoms with Crippen LogP contribution in [0.3, 0.4) is 0 Å². The third kappa shape index (κ3) is 4.57. The standard InChI is InChI=1S/C10H16ClN3O2S/c1-3-4-5-8(2)14-17(15,16)9-6-12-10(11)13-7-9/h6-8,14H,3-5H2,1-2H3. The topological polar surface area (TPSA) is 72.0 Å². The molecule has 0 aliphatic rings. The number of hydrogen-bond donors (Lipinski definition) is 1. The van der Waals surface area contributed by atoms with Gasteiger partial charge in [-0.25, -0.2) is 23.1 Å². The van der Waals surface area contributed by atoms with Gasteiger partial charge in [0.05, 0.1) is 12.4 Å². The summed E-state index contributed by atoms with van der Waals surface area (Å²) in [5.74, 6) is 0. The first-order valence-electron chi connectivity index (χ1n) is 5.45. The van der Waals surface area contributed by atoms with Crippen molar-refractivity contribution in [1.29, 1.82) is 0 Å². The maximum Gasteiger partial charge on any atom is 0.243 e. The molecule has 0 spiro atoms. The molecule has 5 nitrogen and oxygen atoms in total. The highest BCUT2D eigenvalue weighted by Gasteiger charge is 2.17. The average Bonchev–Trinajstić information content (AvgIpc) is 2.26. The lowest BCUT2D eigenvalue weighted by Crippen LogP contribution is -2.32. The van der Waals surface area contributed by atoms with Gasteiger partial charge < -0.3 is 0 Å². The molecule has 1 rings (SSSR count). The quantitative estimate of drug-likeness (QED) is 0.807. The fraction of sp³-hybridized carbons (Fsp3) is 0.600. The van der Waals surface area contributed by atoms with Crippen molar-refractivity contribution in [2.45, 2.75) is 44.0 Å². The van der Waals surface area contributed by atoms with E-state index in [1.165, 1.54) is 12.4 Å². The van der Waals surface area contributed by atoms with E-state index in [0.717, 1.165) is 19.3 Å². The van der Waals surface area contributed by atoms with E-state index in [1.54, 1.807) is 0 Å². The van der Waals surface area contributed by atoms with Gasteiger partial charge >= 0.3 is 0 Å². The first kappa shape index (κ1) is 14.3. The normalized spacial score (nSPS) is 13.6. The van der Waals surface area contributed by atoms with Crippen LogP contribution in [0.4, 0.5) is 0 Å². The number of nitrogens with zero attached hydrogens (tertiary/aromatic N) is 2. The molecule has 0 saturated carbocycles. The molecule has 1 atom stereocenters. The number of unbranched alkanes of at least 4 members (excludes halogenated alkanes) is 1. The zero-order valence-corrected chi connectivity index (χ0v) is 11.4. The number of rotatable bonds is 6. The number of aromatic nitrogens is 2. The summed E-state index contributed by atoms with van der Waals surface area (Å²) in [4.78, 5) is 7.33. The van der Waals surface area contributed by atoms with E-state index in [2.05, 4.69) is 21.6 Å². The Bertz CT molecular complexity index is 447. The van der Waals surface area contributed by atoms with Crippen molar-refractivity contribution >= 4 is 21.6 Å². The van der Waals surface area contributed by atoms with E-state index in [4.69, 9.17) is 11.6 Å². The summed E-state index contributed by atoms with van der Waals surface area (Å²) in [6.45, 7) is 3.90. The van der Waals surface area contributed by atoms with Gasteiger partial charge in [0.1, 0.15) is 4.90 Å². The molecule has 0 aliphatic heterocycles. The average molecular weight is 278 g/mol. The molecule has 96 valence electrons. The van der Waals surface area contributed by atoms with Crippen LogP contribution in [0.1, 0.15) is 33.1 Å². The van der Waals surface area contributed by atoms with Crippen molar-refractivity contribution in [3.63, 3.8) is 0 Å². The molecule has 0 aliphatic carbocycles. The molecule has 1 aromatic heterocycles. The lowest BCUT2D eigenvalue weighted by atomic mass is 10.2. The van der Waals surface area contributed by atoms with Crippen molar-refractivity contribution in [3.8, 4) is 0 Å². The molecular formula is C10H16ClN3O2S. The molecular weight excluding hydrogens is 262 g/mol. The highest BCUT2D eigenvalue weighted by atomic mass is 35.5. The van der Waals surface area contributed by atoms with E-state index >= 15 is 0 Å². The third-order valence-electron chi connectivity index (χ3n) is 2.25. The van der Waals surface area contributed by atoms with Crippen molar-refractivity contribution in [1.82, 2.24) is 14.7 Å². The number of sulfonamides is 1. The van der Waals surface area contributed by atoms with Crippen LogP contribution < -0.4 is 4.72 Å². The molecule has 1 heterocycles. The van der Waals surface area contributed by atoms with Crippen molar-refractivity contribution < 1.29 is 8.42 Å². The maximum absolute atomic E-state index is 11.9. The summed E-state index contributed by atoms with van der Waals surface area (Å²) in [5, 5.41) is 0.0305. The van der Waals surface area contributed by atoms with Crippen LogP contribution in [-0.2, 0) is 10.0 Å². The molecule has 0 fully saturated rings. The smallest absolute Gasteiger partial charge is 0.225 e. The summed E-state index contributed by atoms with van der Waals surface area (Å²) >= 11 is 5.50. The van der Waals surface area contributed by atoms with Gasteiger partial charge in [0, 0.05) is 6.04 Å². The van der Waals surface area contributed by atoms with E-state index in [9.17, 15) is 8.42 Å². The number of nitrogens with one attached hydrogen (secondary N) is 1. The minimum absolute atomic E-state index is 0.0305. The van der Waals surface area contributed by atoms with Gasteiger partial charge in [-0.2, -0.15) is 0 Å². The van der Waals surface area contributed by atoms with Gasteiger partial charge in [0.2, 0.25) is 15.3 Å². The van der Waals surface area contributed by atoms with Gasteiger partial charge in [-0.15, -0.1) is 0 Å². The van der Waals surface area contributed by atoms with Gasteiger partial charge in [-0.3, -0.25) is 0 Å². The molecule has 0 radical (unpaired) electrons. The van der Waals surface area contributed by atoms with E-state index in [1.807, 2.05) is 6.92 Å². The second-order valence-corrected chi connectivity index (χ2v) is 5.90. The maximum atomic E-state index is 11.9. The molecule has 0 amide bonds. The van der Waals surface area contributed by atoms with E-state index in [-0.39, 0.29) is 16.2 Å². The minimum Gasteiger partial charge on any atom is -0.225 e. The predicted octanol–water partition coefficient (Wildman–Crippen LogP) is 1.99. The second-order valence-electron chi connectivity index (χ2n) is 3.85. The summed E-state index contributed by atoms with van der Waals surface area (Å²) in [5.41, 5.74) is 0. The van der Waals surface area contributed by atoms with Crippen LogP contribution in [0.25, 0.3) is 0 Å². The van der Waals surface area contributed by atoms with Gasteiger partial charge in [0.25, 0.3) is 0 Å². The fourth-order valence-electron chi connectivity index (χ4n) is 1.34. The zero-order valence-electron chi connectivity index (χ0n) is 9.85. The molecule has 0 bridgehead atoms. The Morgan fingerprint density at radius 2 is 2.00 bits per heavy atom. The van der Waals surface area contributed by atoms with Crippen LogP contribution in [0.2, 0.25) is 5.28 Å². The van der Waals surface area contributed by atoms with Crippen molar-refractivity contribution in [2.75, 3.05) is 0 Å². The summed E-state index contributed by atoms with van der Waals surface area (Å²) in [6, 6.07) is -0.101. The first-order valence-corrected chi connectivity index (χ1v) is 7.31. The molecule has 17 heavy (non-hydrogen) atoms. The largest absolute Gasteiger partial charge is 0.243 e. The zero-order chi connectivity index (χ0) is 12.9. The third-order valence-corrected chi connectivity index (χ3v) is 3.99. The van der Waals surface area contributed by atoms with Crippen molar-refractivity contribution in [2.24, 2.45) is 0 Å². The van der Waals surface area contributed by atoms with Crippen LogP contribution in [0.5, 0.6) is 0 Å². The van der Waals surface area contributed by atoms with Crippen LogP contribution >= 0.6 is 11.6 Å². The Balaban J connectivity index is 2.71. The van der Waals surface area contributed by atoms with E-state index < -0.39 is 10.0 Å². The Kier molecular flexibility index (Phi) is 5.30. The SMILES string of the molecule is CCCCC(C)NS(=O)(=O)c1cnc(Cl)nc1. The predicted molar refractivity (Wildman–Crippen MR) is 66.4 cm³/mol. The molecule has 7 heteroatoms. The van der Waals surface area contributed by atoms with Crippen LogP contribution in [0, 0.1) is 0 Å². The fourth-order valence-corrected chi connectivity index (χ4v) is 2.61. The Hall–Kier alpha value is -0.720. The van der Waals surface area contributed by atoms with Crippen LogP contribution in [0.15, 0.2) is 17.3 Å². The summed E-state index contributed by atoms with van der Waals surface area (Å²) in [7, 11) is -3.54. The Morgan fingerprint density at radius 3 is 2.53 bits per heavy atom. The molecule has 0 saturated heterocycles. The monoisotopic (exact) mass is 277 g/mol. The number of hydrogen-bond acceptors (Lipinski definition) is 4. The minimum atomic E-state index is -3.54. The molecule has 1 N–H and O–H groups in total. The molecule has 1 unspecified atom stereocenters. The Labute approximate surface area is 107 Å². The second kappa shape index (κ2) is 6.28. The number of halogens is 1. The summed E-state index contributed by atoms with van der Waals surface area (Å²) < 4.78 is 26.3. The molecule has 1 aromatic rings. The van der Waals surface area contributed by atoms with Gasteiger partial charge in [-0.05, 0) is 24.9 Å². The van der Waals surface area contributed by atoms with Crippen molar-refractivity contribution in [3.05, 3.63) is 17.7 Å². The van der Waals surface area contributed by atoms with Crippen LogP contribution in [-0.4, -0.2) is 24.4 Å². The van der Waals surface area contributed by atoms with Gasteiger partial charge in [0.15, 0.2) is 0 Å². The lowest BCUT2D eigenvalue weighted by molar-refractivity contribution is 0.533.